The summed E-state index contributed by atoms with van der Waals surface area (Å²) >= 11 is 1.82. The van der Waals surface area contributed by atoms with Crippen LogP contribution in [-0.4, -0.2) is 0 Å². The van der Waals surface area contributed by atoms with Crippen LogP contribution >= 0.6 is 11.3 Å². The highest BCUT2D eigenvalue weighted by atomic mass is 32.1. The quantitative estimate of drug-likeness (QED) is 0.159. The van der Waals surface area contributed by atoms with Gasteiger partial charge in [0.15, 0.2) is 5.58 Å². The van der Waals surface area contributed by atoms with Gasteiger partial charge >= 0.3 is 0 Å². The summed E-state index contributed by atoms with van der Waals surface area (Å²) in [4.78, 5) is 0. The Hall–Kier alpha value is -4.67. The van der Waals surface area contributed by atoms with Crippen molar-refractivity contribution in [1.82, 2.24) is 0 Å². The van der Waals surface area contributed by atoms with Crippen LogP contribution in [0.25, 0.3) is 86.2 Å². The molecule has 3 heterocycles. The molecule has 0 atom stereocenters. The zero-order valence-corrected chi connectivity index (χ0v) is 22.2. The van der Waals surface area contributed by atoms with E-state index in [-0.39, 0.29) is 0 Å². The number of para-hydroxylation sites is 1. The highest BCUT2D eigenvalue weighted by Crippen LogP contribution is 2.44. The van der Waals surface area contributed by atoms with Gasteiger partial charge in [0.25, 0.3) is 5.01 Å². The van der Waals surface area contributed by atoms with Gasteiger partial charge in [0.2, 0.25) is 5.52 Å². The first kappa shape index (κ1) is 21.3. The van der Waals surface area contributed by atoms with E-state index in [9.17, 15) is 0 Å². The Morgan fingerprint density at radius 2 is 1.44 bits per heavy atom. The number of hydrogen-bond donors (Lipinski definition) is 0. The van der Waals surface area contributed by atoms with Crippen LogP contribution in [0.2, 0.25) is 0 Å². The van der Waals surface area contributed by atoms with Gasteiger partial charge in [0.05, 0.1) is 5.39 Å². The van der Waals surface area contributed by atoms with Gasteiger partial charge in [0.1, 0.15) is 34.1 Å². The second-order valence-corrected chi connectivity index (χ2v) is 11.4. The molecule has 0 aliphatic heterocycles. The highest BCUT2D eigenvalue weighted by molar-refractivity contribution is 7.22. The Kier molecular flexibility index (Phi) is 4.07. The molecule has 9 aromatic rings. The van der Waals surface area contributed by atoms with Gasteiger partial charge in [-0.3, -0.25) is 0 Å². The molecular formula is C35H22NO2S+. The molecular weight excluding hydrogens is 498 g/mol. The molecule has 9 rings (SSSR count). The first-order chi connectivity index (χ1) is 19.2. The Labute approximate surface area is 227 Å². The molecule has 0 aliphatic carbocycles. The third-order valence-corrected chi connectivity index (χ3v) is 9.56. The van der Waals surface area contributed by atoms with Crippen molar-refractivity contribution in [2.45, 2.75) is 6.92 Å². The van der Waals surface area contributed by atoms with E-state index in [1.165, 1.54) is 47.7 Å². The molecule has 0 unspecified atom stereocenters. The average molecular weight is 521 g/mol. The number of thiazole rings is 1. The minimum Gasteiger partial charge on any atom is -0.456 e. The number of hydrogen-bond acceptors (Lipinski definition) is 3. The van der Waals surface area contributed by atoms with E-state index in [2.05, 4.69) is 110 Å². The molecule has 0 spiro atoms. The van der Waals surface area contributed by atoms with Crippen LogP contribution in [-0.2, 0) is 7.05 Å². The normalized spacial score (nSPS) is 12.4. The Morgan fingerprint density at radius 1 is 0.615 bits per heavy atom. The van der Waals surface area contributed by atoms with E-state index in [1.54, 1.807) is 0 Å². The predicted octanol–water partition coefficient (Wildman–Crippen LogP) is 9.81. The van der Waals surface area contributed by atoms with Gasteiger partial charge < -0.3 is 8.83 Å². The fraction of sp³-hybridized carbons (Fsp3) is 0.0571. The number of nitrogens with zero attached hydrogens (tertiary/aromatic N) is 1. The fourth-order valence-corrected chi connectivity index (χ4v) is 7.75. The molecule has 3 aromatic heterocycles. The molecule has 0 saturated carbocycles. The smallest absolute Gasteiger partial charge is 0.273 e. The third-order valence-electron chi connectivity index (χ3n) is 8.27. The summed E-state index contributed by atoms with van der Waals surface area (Å²) in [6, 6.07) is 34.5. The van der Waals surface area contributed by atoms with Crippen LogP contribution in [0, 0.1) is 6.92 Å². The summed E-state index contributed by atoms with van der Waals surface area (Å²) in [5.74, 6) is 0. The van der Waals surface area contributed by atoms with Crippen molar-refractivity contribution < 1.29 is 13.4 Å². The number of aryl methyl sites for hydroxylation is 2. The van der Waals surface area contributed by atoms with E-state index >= 15 is 0 Å². The molecule has 0 aliphatic rings. The standard InChI is InChI=1S/C35H22NO2S/c1-19-11-14-24-23-9-5-6-10-28(23)38-33(24)31(19)35-36(2)27-15-16-29-32(34(27)39-35)26-18-25-21(17-30(26)37-29)13-12-20-7-3-4-8-22(20)25/h3-18H,1-2H3/q+1. The van der Waals surface area contributed by atoms with Crippen LogP contribution in [0.4, 0.5) is 0 Å². The molecule has 0 radical (unpaired) electrons. The molecule has 0 bridgehead atoms. The van der Waals surface area contributed by atoms with Gasteiger partial charge in [0, 0.05) is 22.2 Å². The Balaban J connectivity index is 1.40. The fourth-order valence-electron chi connectivity index (χ4n) is 6.34. The zero-order valence-electron chi connectivity index (χ0n) is 21.4. The van der Waals surface area contributed by atoms with Gasteiger partial charge in [-0.15, -0.1) is 0 Å². The molecule has 184 valence electrons. The minimum atomic E-state index is 0.921. The first-order valence-corrected chi connectivity index (χ1v) is 14.0. The monoisotopic (exact) mass is 520 g/mol. The molecule has 0 fully saturated rings. The lowest BCUT2D eigenvalue weighted by atomic mass is 10.00. The van der Waals surface area contributed by atoms with E-state index in [0.29, 0.717) is 0 Å². The topological polar surface area (TPSA) is 30.2 Å². The van der Waals surface area contributed by atoms with Crippen molar-refractivity contribution >= 4 is 87.0 Å². The maximum absolute atomic E-state index is 6.48. The van der Waals surface area contributed by atoms with E-state index in [1.807, 2.05) is 17.4 Å². The second-order valence-electron chi connectivity index (χ2n) is 10.4. The first-order valence-electron chi connectivity index (χ1n) is 13.2. The van der Waals surface area contributed by atoms with Crippen LogP contribution in [0.1, 0.15) is 5.56 Å². The Morgan fingerprint density at radius 3 is 2.36 bits per heavy atom. The second kappa shape index (κ2) is 7.46. The van der Waals surface area contributed by atoms with Crippen molar-refractivity contribution in [1.29, 1.82) is 0 Å². The molecule has 3 nitrogen and oxygen atoms in total. The van der Waals surface area contributed by atoms with E-state index in [4.69, 9.17) is 8.83 Å². The SMILES string of the molecule is Cc1ccc2c(oc3ccccc32)c1-c1sc2c3c(ccc2[n+]1C)oc1cc2ccc4ccccc4c2cc13. The van der Waals surface area contributed by atoms with Crippen LogP contribution < -0.4 is 4.57 Å². The van der Waals surface area contributed by atoms with Crippen LogP contribution in [0.3, 0.4) is 0 Å². The maximum Gasteiger partial charge on any atom is 0.273 e. The summed E-state index contributed by atoms with van der Waals surface area (Å²) in [5.41, 5.74) is 7.27. The molecule has 6 aromatic carbocycles. The molecule has 0 N–H and O–H groups in total. The lowest BCUT2D eigenvalue weighted by molar-refractivity contribution is -0.629. The zero-order chi connectivity index (χ0) is 25.8. The van der Waals surface area contributed by atoms with Gasteiger partial charge in [-0.25, -0.2) is 0 Å². The van der Waals surface area contributed by atoms with Crippen molar-refractivity contribution in [2.24, 2.45) is 7.05 Å². The van der Waals surface area contributed by atoms with E-state index < -0.39 is 0 Å². The maximum atomic E-state index is 6.48. The molecule has 39 heavy (non-hydrogen) atoms. The average Bonchev–Trinajstić information content (AvgIpc) is 3.62. The molecule has 0 amide bonds. The lowest BCUT2D eigenvalue weighted by Crippen LogP contribution is -2.28. The van der Waals surface area contributed by atoms with Crippen molar-refractivity contribution in [2.75, 3.05) is 0 Å². The number of furan rings is 2. The largest absolute Gasteiger partial charge is 0.456 e. The van der Waals surface area contributed by atoms with Gasteiger partial charge in [-0.05, 0) is 58.3 Å². The summed E-state index contributed by atoms with van der Waals surface area (Å²) in [6.07, 6.45) is 0. The number of aromatic nitrogens is 1. The lowest BCUT2D eigenvalue weighted by Gasteiger charge is -2.04. The number of rotatable bonds is 1. The third kappa shape index (κ3) is 2.79. The molecule has 4 heteroatoms. The summed E-state index contributed by atoms with van der Waals surface area (Å²) in [7, 11) is 2.16. The minimum absolute atomic E-state index is 0.921. The van der Waals surface area contributed by atoms with E-state index in [0.717, 1.165) is 44.1 Å². The van der Waals surface area contributed by atoms with Crippen LogP contribution in [0.5, 0.6) is 0 Å². The van der Waals surface area contributed by atoms with Crippen molar-refractivity contribution in [3.05, 3.63) is 103 Å². The summed E-state index contributed by atoms with van der Waals surface area (Å²) < 4.78 is 16.5. The number of fused-ring (bicyclic) bond motifs is 11. The Bertz CT molecular complexity index is 2470. The summed E-state index contributed by atoms with van der Waals surface area (Å²) in [5, 5.41) is 10.8. The van der Waals surface area contributed by atoms with Crippen molar-refractivity contribution in [3.63, 3.8) is 0 Å². The molecule has 0 saturated heterocycles. The van der Waals surface area contributed by atoms with Gasteiger partial charge in [-0.1, -0.05) is 78.1 Å². The predicted molar refractivity (Wildman–Crippen MR) is 163 cm³/mol. The van der Waals surface area contributed by atoms with Crippen molar-refractivity contribution in [3.8, 4) is 10.6 Å². The van der Waals surface area contributed by atoms with Gasteiger partial charge in [-0.2, -0.15) is 4.57 Å². The van der Waals surface area contributed by atoms with Crippen LogP contribution in [0.15, 0.2) is 106 Å². The number of benzene rings is 6. The summed E-state index contributed by atoms with van der Waals surface area (Å²) in [6.45, 7) is 2.17. The highest BCUT2D eigenvalue weighted by Gasteiger charge is 2.27.